The predicted octanol–water partition coefficient (Wildman–Crippen LogP) is 1.57. The van der Waals surface area contributed by atoms with Crippen LogP contribution in [0.4, 0.5) is 5.13 Å². The fourth-order valence-corrected chi connectivity index (χ4v) is 3.40. The number of carbonyl (C=O) groups is 1. The first kappa shape index (κ1) is 13.1. The number of amides is 1. The lowest BCUT2D eigenvalue weighted by Gasteiger charge is -2.24. The van der Waals surface area contributed by atoms with Gasteiger partial charge in [-0.3, -0.25) is 9.48 Å². The number of carbonyl (C=O) groups excluding carboxylic acids is 1. The second kappa shape index (κ2) is 4.90. The van der Waals surface area contributed by atoms with Crippen LogP contribution in [0.1, 0.15) is 46.3 Å². The summed E-state index contributed by atoms with van der Waals surface area (Å²) in [6.07, 6.45) is 3.00. The molecule has 0 saturated heterocycles. The quantitative estimate of drug-likeness (QED) is 0.879. The van der Waals surface area contributed by atoms with Crippen LogP contribution in [-0.2, 0) is 13.5 Å². The summed E-state index contributed by atoms with van der Waals surface area (Å²) in [6.45, 7) is 1.99. The molecule has 7 heteroatoms. The maximum atomic E-state index is 12.2. The zero-order valence-corrected chi connectivity index (χ0v) is 12.3. The Labute approximate surface area is 121 Å². The summed E-state index contributed by atoms with van der Waals surface area (Å²) in [5.41, 5.74) is 9.33. The molecule has 1 atom stereocenters. The molecule has 20 heavy (non-hydrogen) atoms. The summed E-state index contributed by atoms with van der Waals surface area (Å²) in [5.74, 6) is -0.168. The number of nitrogens with zero attached hydrogens (tertiary/aromatic N) is 3. The molecule has 1 unspecified atom stereocenters. The van der Waals surface area contributed by atoms with Crippen molar-refractivity contribution in [2.75, 3.05) is 5.73 Å². The normalized spacial score (nSPS) is 17.8. The molecule has 6 nitrogen and oxygen atoms in total. The van der Waals surface area contributed by atoms with Crippen molar-refractivity contribution in [2.24, 2.45) is 7.05 Å². The molecule has 2 aromatic heterocycles. The van der Waals surface area contributed by atoms with E-state index in [9.17, 15) is 4.79 Å². The summed E-state index contributed by atoms with van der Waals surface area (Å²) in [7, 11) is 1.96. The largest absolute Gasteiger partial charge is 0.375 e. The number of nitrogen functional groups attached to an aromatic ring is 1. The standard InChI is InChI=1S/C13H17N5OS/c1-7-11-8(4-3-5-10(11)18(2)17-7)15-12(19)9-6-20-13(14)16-9/h6,8H,3-5H2,1-2H3,(H2,14,16)(H,15,19). The van der Waals surface area contributed by atoms with E-state index in [0.29, 0.717) is 10.8 Å². The summed E-state index contributed by atoms with van der Waals surface area (Å²) in [6, 6.07) is 0.0166. The van der Waals surface area contributed by atoms with E-state index in [0.717, 1.165) is 30.5 Å². The number of hydrogen-bond donors (Lipinski definition) is 2. The van der Waals surface area contributed by atoms with Crippen LogP contribution >= 0.6 is 11.3 Å². The number of rotatable bonds is 2. The third kappa shape index (κ3) is 2.18. The Morgan fingerprint density at radius 1 is 1.60 bits per heavy atom. The molecule has 106 valence electrons. The van der Waals surface area contributed by atoms with Crippen molar-refractivity contribution in [3.63, 3.8) is 0 Å². The minimum atomic E-state index is -0.168. The number of thiazole rings is 1. The number of fused-ring (bicyclic) bond motifs is 1. The van der Waals surface area contributed by atoms with Crippen LogP contribution in [0.25, 0.3) is 0 Å². The maximum absolute atomic E-state index is 12.2. The van der Waals surface area contributed by atoms with Gasteiger partial charge in [-0.1, -0.05) is 0 Å². The first-order valence-electron chi connectivity index (χ1n) is 6.60. The van der Waals surface area contributed by atoms with Crippen LogP contribution in [-0.4, -0.2) is 20.7 Å². The Bertz CT molecular complexity index is 660. The molecule has 2 heterocycles. The van der Waals surface area contributed by atoms with Crippen molar-refractivity contribution in [2.45, 2.75) is 32.2 Å². The third-order valence-corrected chi connectivity index (χ3v) is 4.38. The van der Waals surface area contributed by atoms with Crippen LogP contribution < -0.4 is 11.1 Å². The smallest absolute Gasteiger partial charge is 0.271 e. The molecule has 0 spiro atoms. The lowest BCUT2D eigenvalue weighted by atomic mass is 9.91. The Kier molecular flexibility index (Phi) is 3.21. The van der Waals surface area contributed by atoms with E-state index in [4.69, 9.17) is 5.73 Å². The Morgan fingerprint density at radius 2 is 2.40 bits per heavy atom. The van der Waals surface area contributed by atoms with E-state index >= 15 is 0 Å². The zero-order valence-electron chi connectivity index (χ0n) is 11.5. The minimum absolute atomic E-state index is 0.0166. The van der Waals surface area contributed by atoms with Gasteiger partial charge in [0, 0.05) is 23.7 Å². The van der Waals surface area contributed by atoms with Gasteiger partial charge in [-0.05, 0) is 26.2 Å². The Morgan fingerprint density at radius 3 is 3.10 bits per heavy atom. The van der Waals surface area contributed by atoms with E-state index < -0.39 is 0 Å². The first-order chi connectivity index (χ1) is 9.56. The molecule has 2 aromatic rings. The highest BCUT2D eigenvalue weighted by atomic mass is 32.1. The zero-order chi connectivity index (χ0) is 14.3. The van der Waals surface area contributed by atoms with Crippen molar-refractivity contribution in [1.82, 2.24) is 20.1 Å². The summed E-state index contributed by atoms with van der Waals surface area (Å²) in [5, 5.41) is 9.61. The average Bonchev–Trinajstić information content (AvgIpc) is 2.96. The molecule has 3 N–H and O–H groups in total. The van der Waals surface area contributed by atoms with Crippen molar-refractivity contribution < 1.29 is 4.79 Å². The topological polar surface area (TPSA) is 85.8 Å². The molecule has 0 aliphatic heterocycles. The van der Waals surface area contributed by atoms with Gasteiger partial charge >= 0.3 is 0 Å². The van der Waals surface area contributed by atoms with Crippen LogP contribution in [0.15, 0.2) is 5.38 Å². The van der Waals surface area contributed by atoms with Gasteiger partial charge in [0.1, 0.15) is 5.69 Å². The highest BCUT2D eigenvalue weighted by molar-refractivity contribution is 7.13. The molecule has 0 saturated carbocycles. The van der Waals surface area contributed by atoms with E-state index in [1.165, 1.54) is 17.0 Å². The summed E-state index contributed by atoms with van der Waals surface area (Å²) >= 11 is 1.28. The molecule has 3 rings (SSSR count). The minimum Gasteiger partial charge on any atom is -0.375 e. The van der Waals surface area contributed by atoms with Gasteiger partial charge in [0.15, 0.2) is 5.13 Å². The Hall–Kier alpha value is -1.89. The summed E-state index contributed by atoms with van der Waals surface area (Å²) < 4.78 is 1.92. The first-order valence-corrected chi connectivity index (χ1v) is 7.48. The number of anilines is 1. The lowest BCUT2D eigenvalue weighted by molar-refractivity contribution is 0.0928. The van der Waals surface area contributed by atoms with Gasteiger partial charge in [0.05, 0.1) is 11.7 Å². The number of nitrogens with one attached hydrogen (secondary N) is 1. The average molecular weight is 291 g/mol. The fraction of sp³-hybridized carbons (Fsp3) is 0.462. The molecule has 0 fully saturated rings. The van der Waals surface area contributed by atoms with Gasteiger partial charge < -0.3 is 11.1 Å². The van der Waals surface area contributed by atoms with Gasteiger partial charge in [0.2, 0.25) is 0 Å². The van der Waals surface area contributed by atoms with E-state index in [-0.39, 0.29) is 11.9 Å². The third-order valence-electron chi connectivity index (χ3n) is 3.71. The van der Waals surface area contributed by atoms with Crippen molar-refractivity contribution in [1.29, 1.82) is 0 Å². The number of hydrogen-bond acceptors (Lipinski definition) is 5. The molecule has 0 bridgehead atoms. The van der Waals surface area contributed by atoms with Gasteiger partial charge in [-0.15, -0.1) is 11.3 Å². The number of nitrogens with two attached hydrogens (primary N) is 1. The SMILES string of the molecule is Cc1nn(C)c2c1C(NC(=O)c1csc(N)n1)CCC2. The number of aromatic nitrogens is 3. The van der Waals surface area contributed by atoms with Crippen molar-refractivity contribution in [3.05, 3.63) is 28.0 Å². The van der Waals surface area contributed by atoms with E-state index in [1.807, 2.05) is 18.7 Å². The number of aryl methyl sites for hydroxylation is 2. The van der Waals surface area contributed by atoms with E-state index in [1.54, 1.807) is 5.38 Å². The van der Waals surface area contributed by atoms with Gasteiger partial charge in [-0.2, -0.15) is 5.10 Å². The molecule has 0 radical (unpaired) electrons. The summed E-state index contributed by atoms with van der Waals surface area (Å²) in [4.78, 5) is 16.2. The molecular weight excluding hydrogens is 274 g/mol. The van der Waals surface area contributed by atoms with Crippen molar-refractivity contribution in [3.8, 4) is 0 Å². The molecular formula is C13H17N5OS. The lowest BCUT2D eigenvalue weighted by Crippen LogP contribution is -2.31. The fourth-order valence-electron chi connectivity index (χ4n) is 2.86. The molecule has 1 amide bonds. The monoisotopic (exact) mass is 291 g/mol. The van der Waals surface area contributed by atoms with E-state index in [2.05, 4.69) is 15.4 Å². The second-order valence-electron chi connectivity index (χ2n) is 5.06. The van der Waals surface area contributed by atoms with Gasteiger partial charge in [0.25, 0.3) is 5.91 Å². The predicted molar refractivity (Wildman–Crippen MR) is 77.6 cm³/mol. The van der Waals surface area contributed by atoms with Gasteiger partial charge in [-0.25, -0.2) is 4.98 Å². The highest BCUT2D eigenvalue weighted by Crippen LogP contribution is 2.32. The molecule has 1 aliphatic rings. The maximum Gasteiger partial charge on any atom is 0.271 e. The second-order valence-corrected chi connectivity index (χ2v) is 5.95. The van der Waals surface area contributed by atoms with Crippen LogP contribution in [0.2, 0.25) is 0 Å². The highest BCUT2D eigenvalue weighted by Gasteiger charge is 2.28. The van der Waals surface area contributed by atoms with Crippen LogP contribution in [0.5, 0.6) is 0 Å². The van der Waals surface area contributed by atoms with Crippen LogP contribution in [0, 0.1) is 6.92 Å². The Balaban J connectivity index is 1.85. The van der Waals surface area contributed by atoms with Crippen molar-refractivity contribution >= 4 is 22.4 Å². The molecule has 1 aliphatic carbocycles. The molecule has 0 aromatic carbocycles. The van der Waals surface area contributed by atoms with Crippen LogP contribution in [0.3, 0.4) is 0 Å².